The first kappa shape index (κ1) is 25.1. The van der Waals surface area contributed by atoms with E-state index in [1.807, 2.05) is 53.6 Å². The molecule has 2 aromatic carbocycles. The van der Waals surface area contributed by atoms with Crippen LogP contribution < -0.4 is 14.2 Å². The zero-order valence-corrected chi connectivity index (χ0v) is 21.6. The molecule has 8 nitrogen and oxygen atoms in total. The lowest BCUT2D eigenvalue weighted by Gasteiger charge is -2.30. The van der Waals surface area contributed by atoms with E-state index < -0.39 is 0 Å². The third-order valence-corrected chi connectivity index (χ3v) is 7.22. The number of amides is 1. The smallest absolute Gasteiger partial charge is 0.254 e. The Labute approximate surface area is 218 Å². The van der Waals surface area contributed by atoms with Crippen LogP contribution in [0.25, 0.3) is 5.69 Å². The van der Waals surface area contributed by atoms with Crippen molar-refractivity contribution in [1.29, 1.82) is 0 Å². The highest BCUT2D eigenvalue weighted by Gasteiger charge is 2.29. The van der Waals surface area contributed by atoms with Gasteiger partial charge in [0.25, 0.3) is 5.91 Å². The summed E-state index contributed by atoms with van der Waals surface area (Å²) in [6, 6.07) is 13.6. The van der Waals surface area contributed by atoms with Crippen LogP contribution in [0.15, 0.2) is 54.9 Å². The Kier molecular flexibility index (Phi) is 7.94. The Bertz CT molecular complexity index is 1140. The largest absolute Gasteiger partial charge is 0.493 e. The molecule has 37 heavy (non-hydrogen) atoms. The summed E-state index contributed by atoms with van der Waals surface area (Å²) in [5, 5.41) is 4.27. The molecule has 1 aromatic heterocycles. The molecule has 0 unspecified atom stereocenters. The number of carbonyl (C=O) groups excluding carboxylic acids is 1. The topological polar surface area (TPSA) is 75.1 Å². The average molecular weight is 506 g/mol. The monoisotopic (exact) mass is 505 g/mol. The van der Waals surface area contributed by atoms with Gasteiger partial charge < -0.3 is 23.8 Å². The summed E-state index contributed by atoms with van der Waals surface area (Å²) in [6.45, 7) is 1.69. The molecule has 2 aliphatic rings. The molecule has 2 heterocycles. The van der Waals surface area contributed by atoms with Crippen LogP contribution in [0.1, 0.15) is 54.4 Å². The van der Waals surface area contributed by atoms with Crippen LogP contribution >= 0.6 is 0 Å². The number of ether oxygens (including phenoxy) is 4. The van der Waals surface area contributed by atoms with Gasteiger partial charge >= 0.3 is 0 Å². The molecule has 5 rings (SSSR count). The summed E-state index contributed by atoms with van der Waals surface area (Å²) in [5.74, 6) is 1.78. The number of rotatable bonds is 10. The molecule has 3 aromatic rings. The van der Waals surface area contributed by atoms with Gasteiger partial charge in [-0.2, -0.15) is 5.10 Å². The van der Waals surface area contributed by atoms with Crippen molar-refractivity contribution in [3.05, 3.63) is 66.0 Å². The summed E-state index contributed by atoms with van der Waals surface area (Å²) in [7, 11) is 3.25. The van der Waals surface area contributed by atoms with Crippen molar-refractivity contribution < 1.29 is 23.7 Å². The van der Waals surface area contributed by atoms with Gasteiger partial charge in [0.05, 0.1) is 26.0 Å². The van der Waals surface area contributed by atoms with Crippen LogP contribution in [0.3, 0.4) is 0 Å². The fraction of sp³-hybridized carbons (Fsp3) is 0.448. The highest BCUT2D eigenvalue weighted by molar-refractivity contribution is 5.94. The lowest BCUT2D eigenvalue weighted by molar-refractivity contribution is 0.0652. The molecule has 8 heteroatoms. The minimum Gasteiger partial charge on any atom is -0.493 e. The summed E-state index contributed by atoms with van der Waals surface area (Å²) >= 11 is 0. The molecule has 1 saturated heterocycles. The second kappa shape index (κ2) is 11.7. The molecule has 0 bridgehead atoms. The van der Waals surface area contributed by atoms with Gasteiger partial charge in [-0.15, -0.1) is 0 Å². The second-order valence-corrected chi connectivity index (χ2v) is 9.64. The summed E-state index contributed by atoms with van der Waals surface area (Å²) in [4.78, 5) is 15.8. The van der Waals surface area contributed by atoms with E-state index in [-0.39, 0.29) is 18.1 Å². The van der Waals surface area contributed by atoms with Crippen molar-refractivity contribution in [3.63, 3.8) is 0 Å². The Morgan fingerprint density at radius 1 is 1.05 bits per heavy atom. The van der Waals surface area contributed by atoms with E-state index in [0.717, 1.165) is 56.4 Å². The molecule has 1 amide bonds. The number of carbonyl (C=O) groups is 1. The SMILES string of the molecule is COc1cc(CN(C(=O)c2ccc(-n3cccn3)cc2)C2CCCC2)cc(OC)c1OC[C@H]1CCCO1. The van der Waals surface area contributed by atoms with Gasteiger partial charge in [0.15, 0.2) is 11.5 Å². The number of aromatic nitrogens is 2. The van der Waals surface area contributed by atoms with E-state index in [2.05, 4.69) is 5.10 Å². The lowest BCUT2D eigenvalue weighted by Crippen LogP contribution is -2.38. The quantitative estimate of drug-likeness (QED) is 0.385. The molecule has 1 atom stereocenters. The minimum absolute atomic E-state index is 0.0237. The van der Waals surface area contributed by atoms with Crippen LogP contribution in [0.4, 0.5) is 0 Å². The highest BCUT2D eigenvalue weighted by Crippen LogP contribution is 2.40. The number of methoxy groups -OCH3 is 2. The fourth-order valence-electron chi connectivity index (χ4n) is 5.24. The Morgan fingerprint density at radius 3 is 2.38 bits per heavy atom. The second-order valence-electron chi connectivity index (χ2n) is 9.64. The third kappa shape index (κ3) is 5.74. The zero-order chi connectivity index (χ0) is 25.6. The first-order chi connectivity index (χ1) is 18.2. The van der Waals surface area contributed by atoms with Crippen LogP contribution in [0.5, 0.6) is 17.2 Å². The van der Waals surface area contributed by atoms with E-state index in [9.17, 15) is 4.79 Å². The maximum atomic E-state index is 13.8. The lowest BCUT2D eigenvalue weighted by atomic mass is 10.1. The van der Waals surface area contributed by atoms with Gasteiger partial charge in [-0.3, -0.25) is 4.79 Å². The Morgan fingerprint density at radius 2 is 1.78 bits per heavy atom. The van der Waals surface area contributed by atoms with Gasteiger partial charge in [0.2, 0.25) is 5.75 Å². The van der Waals surface area contributed by atoms with Gasteiger partial charge in [-0.05, 0) is 73.7 Å². The fourth-order valence-corrected chi connectivity index (χ4v) is 5.24. The van der Waals surface area contributed by atoms with Gasteiger partial charge in [0.1, 0.15) is 6.61 Å². The van der Waals surface area contributed by atoms with E-state index in [4.69, 9.17) is 18.9 Å². The first-order valence-electron chi connectivity index (χ1n) is 13.1. The summed E-state index contributed by atoms with van der Waals surface area (Å²) in [5.41, 5.74) is 2.52. The average Bonchev–Trinajstić information content (AvgIpc) is 3.74. The molecule has 1 saturated carbocycles. The van der Waals surface area contributed by atoms with Crippen molar-refractivity contribution >= 4 is 5.91 Å². The molecule has 1 aliphatic carbocycles. The number of hydrogen-bond donors (Lipinski definition) is 0. The standard InChI is InChI=1S/C29H35N3O5/c1-34-26-17-21(18-27(35-2)28(26)37-20-25-9-5-16-36-25)19-31(23-7-3-4-8-23)29(33)22-10-12-24(13-11-22)32-15-6-14-30-32/h6,10-15,17-18,23,25H,3-5,7-9,16,19-20H2,1-2H3/t25-/m1/s1. The van der Waals surface area contributed by atoms with Crippen molar-refractivity contribution in [3.8, 4) is 22.9 Å². The summed E-state index contributed by atoms with van der Waals surface area (Å²) < 4.78 is 24.9. The van der Waals surface area contributed by atoms with Crippen molar-refractivity contribution in [1.82, 2.24) is 14.7 Å². The molecule has 0 N–H and O–H groups in total. The highest BCUT2D eigenvalue weighted by atomic mass is 16.6. The van der Waals surface area contributed by atoms with Crippen LogP contribution in [0, 0.1) is 0 Å². The predicted molar refractivity (Wildman–Crippen MR) is 140 cm³/mol. The molecule has 196 valence electrons. The minimum atomic E-state index is 0.0237. The predicted octanol–water partition coefficient (Wildman–Crippen LogP) is 5.03. The normalized spacial score (nSPS) is 17.6. The van der Waals surface area contributed by atoms with Crippen LogP contribution in [-0.4, -0.2) is 60.2 Å². The molecule has 1 aliphatic heterocycles. The Balaban J connectivity index is 1.38. The van der Waals surface area contributed by atoms with Crippen molar-refractivity contribution in [2.45, 2.75) is 57.2 Å². The molecule has 0 radical (unpaired) electrons. The van der Waals surface area contributed by atoms with Gasteiger partial charge in [-0.25, -0.2) is 4.68 Å². The van der Waals surface area contributed by atoms with Gasteiger partial charge in [-0.1, -0.05) is 12.8 Å². The van der Waals surface area contributed by atoms with Gasteiger partial charge in [0, 0.05) is 37.2 Å². The van der Waals surface area contributed by atoms with E-state index in [0.29, 0.717) is 36.0 Å². The summed E-state index contributed by atoms with van der Waals surface area (Å²) in [6.07, 6.45) is 10.0. The maximum absolute atomic E-state index is 13.8. The van der Waals surface area contributed by atoms with Crippen molar-refractivity contribution in [2.24, 2.45) is 0 Å². The number of benzene rings is 2. The zero-order valence-electron chi connectivity index (χ0n) is 21.6. The molecule has 2 fully saturated rings. The number of hydrogen-bond acceptors (Lipinski definition) is 6. The van der Waals surface area contributed by atoms with Crippen molar-refractivity contribution in [2.75, 3.05) is 27.4 Å². The van der Waals surface area contributed by atoms with E-state index >= 15 is 0 Å². The molecular weight excluding hydrogens is 470 g/mol. The third-order valence-electron chi connectivity index (χ3n) is 7.22. The van der Waals surface area contributed by atoms with E-state index in [1.165, 1.54) is 0 Å². The first-order valence-corrected chi connectivity index (χ1v) is 13.1. The maximum Gasteiger partial charge on any atom is 0.254 e. The van der Waals surface area contributed by atoms with Crippen LogP contribution in [0.2, 0.25) is 0 Å². The molecule has 0 spiro atoms. The molecular formula is C29H35N3O5. The van der Waals surface area contributed by atoms with E-state index in [1.54, 1.807) is 25.1 Å². The Hall–Kier alpha value is -3.52. The number of nitrogens with zero attached hydrogens (tertiary/aromatic N) is 3. The van der Waals surface area contributed by atoms with Crippen LogP contribution in [-0.2, 0) is 11.3 Å².